The second-order valence-corrected chi connectivity index (χ2v) is 5.04. The monoisotopic (exact) mass is 259 g/mol. The molecule has 1 aromatic rings. The molecule has 0 aromatic heterocycles. The van der Waals surface area contributed by atoms with Crippen molar-refractivity contribution in [2.75, 3.05) is 0 Å². The predicted octanol–water partition coefficient (Wildman–Crippen LogP) is 2.69. The molecule has 0 radical (unpaired) electrons. The first-order valence-electron chi connectivity index (χ1n) is 6.91. The maximum absolute atomic E-state index is 11.8. The molecule has 1 aliphatic rings. The molecule has 0 bridgehead atoms. The lowest BCUT2D eigenvalue weighted by atomic mass is 9.97. The summed E-state index contributed by atoms with van der Waals surface area (Å²) in [4.78, 5) is 11.8. The van der Waals surface area contributed by atoms with Crippen LogP contribution in [0.4, 0.5) is 0 Å². The van der Waals surface area contributed by atoms with Crippen molar-refractivity contribution in [1.29, 1.82) is 0 Å². The number of nitrogens with one attached hydrogen (secondary N) is 1. The minimum Gasteiger partial charge on any atom is -0.392 e. The Bertz CT molecular complexity index is 448. The van der Waals surface area contributed by atoms with Crippen LogP contribution in [-0.4, -0.2) is 11.0 Å². The molecule has 0 heterocycles. The van der Waals surface area contributed by atoms with Gasteiger partial charge in [0.1, 0.15) is 0 Å². The van der Waals surface area contributed by atoms with Gasteiger partial charge in [-0.15, -0.1) is 0 Å². The molecule has 1 aromatic carbocycles. The minimum atomic E-state index is 0.0563. The summed E-state index contributed by atoms with van der Waals surface area (Å²) in [6, 6.07) is 7.63. The average Bonchev–Trinajstić information content (AvgIpc) is 2.47. The summed E-state index contributed by atoms with van der Waals surface area (Å²) in [6.07, 6.45) is 7.39. The number of rotatable bonds is 5. The molecule has 0 saturated heterocycles. The molecule has 1 aliphatic carbocycles. The number of allylic oxidation sites excluding steroid dienone is 1. The van der Waals surface area contributed by atoms with Crippen LogP contribution in [0.15, 0.2) is 35.9 Å². The smallest absolute Gasteiger partial charge is 0.224 e. The van der Waals surface area contributed by atoms with Crippen molar-refractivity contribution in [1.82, 2.24) is 5.32 Å². The number of carbonyl (C=O) groups excluding carboxylic acids is 1. The van der Waals surface area contributed by atoms with Crippen LogP contribution in [0.3, 0.4) is 0 Å². The highest BCUT2D eigenvalue weighted by Crippen LogP contribution is 2.19. The van der Waals surface area contributed by atoms with E-state index in [-0.39, 0.29) is 12.5 Å². The Balaban J connectivity index is 1.77. The molecule has 2 N–H and O–H groups in total. The Kier molecular flexibility index (Phi) is 5.16. The fourth-order valence-corrected chi connectivity index (χ4v) is 2.30. The first kappa shape index (κ1) is 13.8. The van der Waals surface area contributed by atoms with E-state index in [1.165, 1.54) is 18.4 Å². The quantitative estimate of drug-likeness (QED) is 0.799. The van der Waals surface area contributed by atoms with Gasteiger partial charge in [0.05, 0.1) is 6.61 Å². The van der Waals surface area contributed by atoms with E-state index in [1.54, 1.807) is 0 Å². The van der Waals surface area contributed by atoms with E-state index < -0.39 is 0 Å². The van der Waals surface area contributed by atoms with E-state index >= 15 is 0 Å². The lowest BCUT2D eigenvalue weighted by Gasteiger charge is -2.12. The van der Waals surface area contributed by atoms with E-state index in [9.17, 15) is 4.79 Å². The summed E-state index contributed by atoms with van der Waals surface area (Å²) < 4.78 is 0. The van der Waals surface area contributed by atoms with Crippen LogP contribution in [0, 0.1) is 0 Å². The summed E-state index contributed by atoms with van der Waals surface area (Å²) in [5, 5.41) is 11.9. The fourth-order valence-electron chi connectivity index (χ4n) is 2.30. The van der Waals surface area contributed by atoms with Gasteiger partial charge in [-0.25, -0.2) is 0 Å². The van der Waals surface area contributed by atoms with Crippen LogP contribution in [0.25, 0.3) is 0 Å². The van der Waals surface area contributed by atoms with Crippen molar-refractivity contribution >= 4 is 5.91 Å². The van der Waals surface area contributed by atoms with Crippen molar-refractivity contribution in [3.8, 4) is 0 Å². The molecule has 0 saturated carbocycles. The lowest BCUT2D eigenvalue weighted by Crippen LogP contribution is -2.23. The Hall–Kier alpha value is -1.61. The average molecular weight is 259 g/mol. The van der Waals surface area contributed by atoms with E-state index in [1.807, 2.05) is 24.3 Å². The van der Waals surface area contributed by atoms with Gasteiger partial charge in [0.25, 0.3) is 0 Å². The Morgan fingerprint density at radius 3 is 2.53 bits per heavy atom. The number of hydrogen-bond donors (Lipinski definition) is 2. The number of aliphatic hydroxyl groups is 1. The number of amides is 1. The zero-order valence-corrected chi connectivity index (χ0v) is 11.2. The van der Waals surface area contributed by atoms with Gasteiger partial charge >= 0.3 is 0 Å². The molecule has 3 nitrogen and oxygen atoms in total. The highest BCUT2D eigenvalue weighted by molar-refractivity contribution is 5.78. The molecule has 3 heteroatoms. The van der Waals surface area contributed by atoms with Crippen LogP contribution in [0.1, 0.15) is 43.2 Å². The van der Waals surface area contributed by atoms with Gasteiger partial charge in [-0.1, -0.05) is 35.9 Å². The largest absolute Gasteiger partial charge is 0.392 e. The Morgan fingerprint density at radius 2 is 1.89 bits per heavy atom. The van der Waals surface area contributed by atoms with Gasteiger partial charge in [0.15, 0.2) is 0 Å². The first-order valence-corrected chi connectivity index (χ1v) is 6.91. The fraction of sp³-hybridized carbons (Fsp3) is 0.438. The summed E-state index contributed by atoms with van der Waals surface area (Å²) in [6.45, 7) is 0.610. The van der Waals surface area contributed by atoms with Crippen molar-refractivity contribution in [3.05, 3.63) is 47.0 Å². The Labute approximate surface area is 114 Å². The number of aliphatic hydroxyl groups excluding tert-OH is 1. The normalized spacial score (nSPS) is 14.9. The van der Waals surface area contributed by atoms with Crippen molar-refractivity contribution < 1.29 is 9.90 Å². The molecule has 0 atom stereocenters. The number of carbonyl (C=O) groups is 1. The summed E-state index contributed by atoms with van der Waals surface area (Å²) >= 11 is 0. The van der Waals surface area contributed by atoms with Crippen LogP contribution in [0.2, 0.25) is 0 Å². The SMILES string of the molecule is O=C(CC1=CCCCC1)NCc1ccc(CO)cc1. The third-order valence-electron chi connectivity index (χ3n) is 3.47. The second kappa shape index (κ2) is 7.10. The predicted molar refractivity (Wildman–Crippen MR) is 75.4 cm³/mol. The van der Waals surface area contributed by atoms with Crippen molar-refractivity contribution in [2.45, 2.75) is 45.3 Å². The molecule has 102 valence electrons. The van der Waals surface area contributed by atoms with Gasteiger partial charge in [0, 0.05) is 13.0 Å². The van der Waals surface area contributed by atoms with E-state index in [2.05, 4.69) is 11.4 Å². The third-order valence-corrected chi connectivity index (χ3v) is 3.47. The maximum atomic E-state index is 11.8. The van der Waals surface area contributed by atoms with Crippen LogP contribution >= 0.6 is 0 Å². The molecule has 0 fully saturated rings. The van der Waals surface area contributed by atoms with Crippen LogP contribution < -0.4 is 5.32 Å². The van der Waals surface area contributed by atoms with Gasteiger partial charge in [-0.05, 0) is 36.8 Å². The van der Waals surface area contributed by atoms with E-state index in [0.717, 1.165) is 24.0 Å². The molecule has 0 aliphatic heterocycles. The topological polar surface area (TPSA) is 49.3 Å². The highest BCUT2D eigenvalue weighted by atomic mass is 16.3. The van der Waals surface area contributed by atoms with Crippen molar-refractivity contribution in [2.24, 2.45) is 0 Å². The zero-order valence-electron chi connectivity index (χ0n) is 11.2. The molecule has 1 amide bonds. The molecular formula is C16H21NO2. The summed E-state index contributed by atoms with van der Waals surface area (Å²) in [5.74, 6) is 0.0967. The van der Waals surface area contributed by atoms with Gasteiger partial charge < -0.3 is 10.4 Å². The van der Waals surface area contributed by atoms with Crippen LogP contribution in [-0.2, 0) is 17.9 Å². The van der Waals surface area contributed by atoms with E-state index in [0.29, 0.717) is 13.0 Å². The van der Waals surface area contributed by atoms with Gasteiger partial charge in [0.2, 0.25) is 5.91 Å². The van der Waals surface area contributed by atoms with Crippen molar-refractivity contribution in [3.63, 3.8) is 0 Å². The number of hydrogen-bond acceptors (Lipinski definition) is 2. The molecule has 0 unspecified atom stereocenters. The van der Waals surface area contributed by atoms with E-state index in [4.69, 9.17) is 5.11 Å². The standard InChI is InChI=1S/C16H21NO2/c18-12-15-8-6-14(7-9-15)11-17-16(19)10-13-4-2-1-3-5-13/h4,6-9,18H,1-3,5,10-12H2,(H,17,19). The first-order chi connectivity index (χ1) is 9.28. The highest BCUT2D eigenvalue weighted by Gasteiger charge is 2.08. The maximum Gasteiger partial charge on any atom is 0.224 e. The Morgan fingerprint density at radius 1 is 1.16 bits per heavy atom. The minimum absolute atomic E-state index is 0.0563. The van der Waals surface area contributed by atoms with Crippen LogP contribution in [0.5, 0.6) is 0 Å². The summed E-state index contributed by atoms with van der Waals surface area (Å²) in [5.41, 5.74) is 3.23. The van der Waals surface area contributed by atoms with Gasteiger partial charge in [-0.3, -0.25) is 4.79 Å². The molecular weight excluding hydrogens is 238 g/mol. The summed E-state index contributed by atoms with van der Waals surface area (Å²) in [7, 11) is 0. The molecule has 0 spiro atoms. The lowest BCUT2D eigenvalue weighted by molar-refractivity contribution is -0.120. The third kappa shape index (κ3) is 4.52. The van der Waals surface area contributed by atoms with Gasteiger partial charge in [-0.2, -0.15) is 0 Å². The second-order valence-electron chi connectivity index (χ2n) is 5.04. The molecule has 19 heavy (non-hydrogen) atoms. The zero-order chi connectivity index (χ0) is 13.5. The number of benzene rings is 1. The molecule has 2 rings (SSSR count).